The van der Waals surface area contributed by atoms with Crippen LogP contribution in [0.5, 0.6) is 11.5 Å². The molecule has 0 amide bonds. The molecule has 0 radical (unpaired) electrons. The first-order chi connectivity index (χ1) is 11.3. The topological polar surface area (TPSA) is 48.7 Å². The Morgan fingerprint density at radius 1 is 1.25 bits per heavy atom. The van der Waals surface area contributed by atoms with Crippen molar-refractivity contribution in [1.29, 1.82) is 0 Å². The van der Waals surface area contributed by atoms with Crippen LogP contribution < -0.4 is 15.1 Å². The van der Waals surface area contributed by atoms with E-state index in [-0.39, 0.29) is 11.7 Å². The molecule has 1 aromatic heterocycles. The summed E-state index contributed by atoms with van der Waals surface area (Å²) >= 11 is 0. The van der Waals surface area contributed by atoms with E-state index in [2.05, 4.69) is 6.92 Å². The van der Waals surface area contributed by atoms with Gasteiger partial charge < -0.3 is 13.9 Å². The molecule has 1 aliphatic heterocycles. The van der Waals surface area contributed by atoms with Crippen molar-refractivity contribution in [1.82, 2.24) is 0 Å². The molecule has 4 heteroatoms. The van der Waals surface area contributed by atoms with Gasteiger partial charge in [-0.05, 0) is 51.8 Å². The Labute approximate surface area is 142 Å². The van der Waals surface area contributed by atoms with Crippen LogP contribution in [0.1, 0.15) is 52.2 Å². The van der Waals surface area contributed by atoms with Crippen LogP contribution in [0.2, 0.25) is 0 Å². The van der Waals surface area contributed by atoms with Gasteiger partial charge in [0.25, 0.3) is 0 Å². The molecule has 0 fully saturated rings. The molecule has 0 N–H and O–H groups in total. The Morgan fingerprint density at radius 3 is 2.67 bits per heavy atom. The van der Waals surface area contributed by atoms with Crippen molar-refractivity contribution >= 4 is 17.0 Å². The van der Waals surface area contributed by atoms with Crippen LogP contribution in [-0.4, -0.2) is 11.7 Å². The van der Waals surface area contributed by atoms with Crippen molar-refractivity contribution in [3.05, 3.63) is 39.8 Å². The van der Waals surface area contributed by atoms with Crippen molar-refractivity contribution < 1.29 is 13.9 Å². The first-order valence-corrected chi connectivity index (χ1v) is 8.49. The average molecular weight is 328 g/mol. The lowest BCUT2D eigenvalue weighted by Crippen LogP contribution is -2.28. The van der Waals surface area contributed by atoms with Crippen LogP contribution in [0.25, 0.3) is 17.0 Å². The summed E-state index contributed by atoms with van der Waals surface area (Å²) in [5.74, 6) is 1.42. The summed E-state index contributed by atoms with van der Waals surface area (Å²) in [6, 6.07) is 3.38. The third kappa shape index (κ3) is 3.05. The highest BCUT2D eigenvalue weighted by atomic mass is 16.5. The Balaban J connectivity index is 2.36. The molecule has 24 heavy (non-hydrogen) atoms. The lowest BCUT2D eigenvalue weighted by atomic mass is 9.96. The van der Waals surface area contributed by atoms with Crippen LogP contribution in [0.15, 0.2) is 27.4 Å². The summed E-state index contributed by atoms with van der Waals surface area (Å²) in [4.78, 5) is 11.9. The average Bonchev–Trinajstić information content (AvgIpc) is 2.45. The second-order valence-corrected chi connectivity index (χ2v) is 7.04. The largest absolute Gasteiger partial charge is 0.490 e. The Kier molecular flexibility index (Phi) is 4.16. The number of benzene rings is 1. The van der Waals surface area contributed by atoms with E-state index in [0.717, 1.165) is 35.1 Å². The molecule has 0 saturated carbocycles. The summed E-state index contributed by atoms with van der Waals surface area (Å²) < 4.78 is 17.7. The van der Waals surface area contributed by atoms with Gasteiger partial charge in [0.15, 0.2) is 0 Å². The minimum absolute atomic E-state index is 0.0143. The third-order valence-electron chi connectivity index (χ3n) is 3.97. The van der Waals surface area contributed by atoms with E-state index < -0.39 is 5.60 Å². The third-order valence-corrected chi connectivity index (χ3v) is 3.97. The molecule has 2 heterocycles. The molecule has 3 rings (SSSR count). The number of rotatable bonds is 4. The second kappa shape index (κ2) is 6.00. The van der Waals surface area contributed by atoms with Gasteiger partial charge in [0.1, 0.15) is 22.7 Å². The molecule has 0 bridgehead atoms. The van der Waals surface area contributed by atoms with E-state index in [9.17, 15) is 4.79 Å². The van der Waals surface area contributed by atoms with Crippen molar-refractivity contribution in [2.75, 3.05) is 0 Å². The fourth-order valence-electron chi connectivity index (χ4n) is 3.03. The molecule has 0 unspecified atom stereocenters. The second-order valence-electron chi connectivity index (χ2n) is 7.04. The number of aryl methyl sites for hydroxylation is 1. The normalized spacial score (nSPS) is 15.4. The molecule has 0 atom stereocenters. The van der Waals surface area contributed by atoms with E-state index in [1.54, 1.807) is 12.1 Å². The monoisotopic (exact) mass is 328 g/mol. The quantitative estimate of drug-likeness (QED) is 0.762. The number of hydrogen-bond donors (Lipinski definition) is 0. The van der Waals surface area contributed by atoms with Gasteiger partial charge in [-0.1, -0.05) is 13.3 Å². The van der Waals surface area contributed by atoms with E-state index in [4.69, 9.17) is 13.9 Å². The molecule has 0 aliphatic carbocycles. The molecule has 2 aromatic rings. The van der Waals surface area contributed by atoms with Gasteiger partial charge in [-0.2, -0.15) is 0 Å². The van der Waals surface area contributed by atoms with Crippen LogP contribution in [0.3, 0.4) is 0 Å². The highest BCUT2D eigenvalue weighted by Gasteiger charge is 2.28. The van der Waals surface area contributed by atoms with Gasteiger partial charge >= 0.3 is 5.63 Å². The molecule has 0 saturated heterocycles. The number of fused-ring (bicyclic) bond motifs is 3. The summed E-state index contributed by atoms with van der Waals surface area (Å²) in [6.45, 7) is 10.0. The zero-order valence-corrected chi connectivity index (χ0v) is 14.9. The fraction of sp³-hybridized carbons (Fsp3) is 0.450. The van der Waals surface area contributed by atoms with Gasteiger partial charge in [0.05, 0.1) is 17.1 Å². The molecule has 128 valence electrons. The predicted molar refractivity (Wildman–Crippen MR) is 96.0 cm³/mol. The van der Waals surface area contributed by atoms with Crippen molar-refractivity contribution in [2.45, 2.75) is 59.2 Å². The first kappa shape index (κ1) is 16.6. The molecule has 4 nitrogen and oxygen atoms in total. The number of ether oxygens (including phenoxy) is 2. The van der Waals surface area contributed by atoms with Crippen molar-refractivity contribution in [3.8, 4) is 11.5 Å². The van der Waals surface area contributed by atoms with E-state index in [1.807, 2.05) is 39.8 Å². The van der Waals surface area contributed by atoms with Gasteiger partial charge in [-0.15, -0.1) is 0 Å². The maximum absolute atomic E-state index is 11.9. The molecular formula is C20H24O4. The van der Waals surface area contributed by atoms with Gasteiger partial charge in [0.2, 0.25) is 0 Å². The summed E-state index contributed by atoms with van der Waals surface area (Å²) in [7, 11) is 0. The lowest BCUT2D eigenvalue weighted by molar-refractivity contribution is 0.159. The highest BCUT2D eigenvalue weighted by Crippen LogP contribution is 2.44. The summed E-state index contributed by atoms with van der Waals surface area (Å²) in [5.41, 5.74) is 1.62. The summed E-state index contributed by atoms with van der Waals surface area (Å²) in [6.07, 6.45) is 5.81. The van der Waals surface area contributed by atoms with Gasteiger partial charge in [-0.3, -0.25) is 0 Å². The van der Waals surface area contributed by atoms with Gasteiger partial charge in [-0.25, -0.2) is 4.79 Å². The zero-order valence-electron chi connectivity index (χ0n) is 14.9. The maximum atomic E-state index is 11.9. The smallest absolute Gasteiger partial charge is 0.336 e. The van der Waals surface area contributed by atoms with E-state index in [0.29, 0.717) is 11.3 Å². The van der Waals surface area contributed by atoms with Gasteiger partial charge in [0, 0.05) is 12.1 Å². The maximum Gasteiger partial charge on any atom is 0.336 e. The van der Waals surface area contributed by atoms with Crippen LogP contribution in [0, 0.1) is 0 Å². The Bertz CT molecular complexity index is 856. The SMILES string of the molecule is CCCc1cc(=O)oc2cc(OC(C)C)c3c(c12)OC(C)(C)C=C3. The molecular weight excluding hydrogens is 304 g/mol. The first-order valence-electron chi connectivity index (χ1n) is 8.49. The van der Waals surface area contributed by atoms with Crippen LogP contribution in [-0.2, 0) is 6.42 Å². The van der Waals surface area contributed by atoms with Crippen molar-refractivity contribution in [2.24, 2.45) is 0 Å². The van der Waals surface area contributed by atoms with Crippen molar-refractivity contribution in [3.63, 3.8) is 0 Å². The predicted octanol–water partition coefficient (Wildman–Crippen LogP) is 4.72. The minimum Gasteiger partial charge on any atom is -0.490 e. The lowest BCUT2D eigenvalue weighted by Gasteiger charge is -2.30. The fourth-order valence-corrected chi connectivity index (χ4v) is 3.03. The summed E-state index contributed by atoms with van der Waals surface area (Å²) in [5, 5.41) is 0.875. The zero-order chi connectivity index (χ0) is 17.5. The minimum atomic E-state index is -0.421. The molecule has 0 spiro atoms. The molecule has 1 aromatic carbocycles. The Morgan fingerprint density at radius 2 is 2.00 bits per heavy atom. The van der Waals surface area contributed by atoms with Crippen LogP contribution >= 0.6 is 0 Å². The molecule has 1 aliphatic rings. The van der Waals surface area contributed by atoms with Crippen LogP contribution in [0.4, 0.5) is 0 Å². The standard InChI is InChI=1S/C20H24O4/c1-6-7-13-10-17(21)23-16-11-15(22-12(2)3)14-8-9-20(4,5)24-19(14)18(13)16/h8-12H,6-7H2,1-5H3. The Hall–Kier alpha value is -2.23. The number of hydrogen-bond acceptors (Lipinski definition) is 4. The van der Waals surface area contributed by atoms with E-state index in [1.165, 1.54) is 0 Å². The van der Waals surface area contributed by atoms with E-state index >= 15 is 0 Å². The highest BCUT2D eigenvalue weighted by molar-refractivity contribution is 5.94.